The third-order valence-electron chi connectivity index (χ3n) is 4.63. The molecule has 0 saturated carbocycles. The Morgan fingerprint density at radius 1 is 1.21 bits per heavy atom. The molecule has 2 aliphatic rings. The lowest BCUT2D eigenvalue weighted by Gasteiger charge is -2.27. The van der Waals surface area contributed by atoms with E-state index in [4.69, 9.17) is 9.47 Å². The highest BCUT2D eigenvalue weighted by Gasteiger charge is 2.20. The van der Waals surface area contributed by atoms with E-state index in [9.17, 15) is 4.79 Å². The van der Waals surface area contributed by atoms with Crippen molar-refractivity contribution >= 4 is 17.3 Å². The lowest BCUT2D eigenvalue weighted by atomic mass is 9.88. The Morgan fingerprint density at radius 2 is 2.12 bits per heavy atom. The molecule has 1 aliphatic heterocycles. The second-order valence-electron chi connectivity index (χ2n) is 6.27. The molecule has 1 heterocycles. The van der Waals surface area contributed by atoms with Gasteiger partial charge < -0.3 is 20.1 Å². The van der Waals surface area contributed by atoms with Gasteiger partial charge in [0.05, 0.1) is 12.8 Å². The topological polar surface area (TPSA) is 59.6 Å². The molecule has 5 heteroatoms. The van der Waals surface area contributed by atoms with Gasteiger partial charge in [-0.05, 0) is 54.7 Å². The molecule has 0 aromatic heterocycles. The third kappa shape index (κ3) is 2.89. The van der Waals surface area contributed by atoms with Gasteiger partial charge in [-0.3, -0.25) is 4.79 Å². The Bertz CT molecular complexity index is 788. The van der Waals surface area contributed by atoms with Crippen molar-refractivity contribution in [3.05, 3.63) is 47.5 Å². The summed E-state index contributed by atoms with van der Waals surface area (Å²) in [5.41, 5.74) is 4.50. The molecule has 2 aromatic carbocycles. The molecule has 4 rings (SSSR count). The van der Waals surface area contributed by atoms with Crippen LogP contribution in [0, 0.1) is 0 Å². The fourth-order valence-electron chi connectivity index (χ4n) is 3.38. The Hall–Kier alpha value is -2.69. The summed E-state index contributed by atoms with van der Waals surface area (Å²) in [5, 5.41) is 6.40. The Kier molecular flexibility index (Phi) is 3.76. The molecule has 1 aliphatic carbocycles. The molecule has 0 fully saturated rings. The van der Waals surface area contributed by atoms with Gasteiger partial charge in [0.2, 0.25) is 0 Å². The summed E-state index contributed by atoms with van der Waals surface area (Å²) in [4.78, 5) is 11.3. The number of amides is 1. The minimum atomic E-state index is -0.110. The van der Waals surface area contributed by atoms with Crippen LogP contribution in [0.4, 0.5) is 11.4 Å². The monoisotopic (exact) mass is 324 g/mol. The maximum Gasteiger partial charge on any atom is 0.262 e. The largest absolute Gasteiger partial charge is 0.497 e. The summed E-state index contributed by atoms with van der Waals surface area (Å²) < 4.78 is 10.8. The highest BCUT2D eigenvalue weighted by atomic mass is 16.5. The fraction of sp³-hybridized carbons (Fsp3) is 0.316. The van der Waals surface area contributed by atoms with E-state index in [1.54, 1.807) is 7.11 Å². The summed E-state index contributed by atoms with van der Waals surface area (Å²) in [6.07, 6.45) is 3.13. The van der Waals surface area contributed by atoms with E-state index in [2.05, 4.69) is 22.8 Å². The van der Waals surface area contributed by atoms with E-state index in [1.807, 2.05) is 24.3 Å². The van der Waals surface area contributed by atoms with Crippen molar-refractivity contribution in [3.8, 4) is 11.5 Å². The number of anilines is 2. The normalized spacial score (nSPS) is 18.7. The molecule has 0 saturated heterocycles. The Morgan fingerprint density at radius 3 is 3.00 bits per heavy atom. The number of carbonyl (C=O) groups is 1. The van der Waals surface area contributed by atoms with Crippen LogP contribution < -0.4 is 20.1 Å². The number of fused-ring (bicyclic) bond motifs is 2. The van der Waals surface area contributed by atoms with Crippen LogP contribution in [-0.4, -0.2) is 25.7 Å². The third-order valence-corrected chi connectivity index (χ3v) is 4.63. The van der Waals surface area contributed by atoms with E-state index >= 15 is 0 Å². The van der Waals surface area contributed by atoms with E-state index in [1.165, 1.54) is 11.1 Å². The van der Waals surface area contributed by atoms with Crippen LogP contribution in [0.5, 0.6) is 11.5 Å². The predicted octanol–water partition coefficient (Wildman–Crippen LogP) is 3.00. The minimum absolute atomic E-state index is 0.0764. The first kappa shape index (κ1) is 14.9. The predicted molar refractivity (Wildman–Crippen MR) is 93.0 cm³/mol. The summed E-state index contributed by atoms with van der Waals surface area (Å²) in [7, 11) is 1.70. The zero-order chi connectivity index (χ0) is 16.5. The number of benzene rings is 2. The van der Waals surface area contributed by atoms with Crippen LogP contribution in [0.3, 0.4) is 0 Å². The second kappa shape index (κ2) is 6.07. The van der Waals surface area contributed by atoms with Crippen LogP contribution in [-0.2, 0) is 17.6 Å². The first-order valence-electron chi connectivity index (χ1n) is 8.20. The average molecular weight is 324 g/mol. The number of methoxy groups -OCH3 is 1. The maximum absolute atomic E-state index is 11.3. The van der Waals surface area contributed by atoms with Crippen LogP contribution >= 0.6 is 0 Å². The standard InChI is InChI=1S/C19H20N2O3/c1-23-16-6-3-12-2-4-14(8-13(12)9-16)20-15-5-7-17-18(10-15)24-11-19(22)21-17/h3,5-7,9-10,14,20H,2,4,8,11H2,1H3,(H,21,22). The summed E-state index contributed by atoms with van der Waals surface area (Å²) in [5.74, 6) is 1.52. The van der Waals surface area contributed by atoms with Crippen molar-refractivity contribution in [2.24, 2.45) is 0 Å². The van der Waals surface area contributed by atoms with E-state index in [0.29, 0.717) is 6.04 Å². The maximum atomic E-state index is 11.3. The molecule has 0 radical (unpaired) electrons. The number of hydrogen-bond acceptors (Lipinski definition) is 4. The van der Waals surface area contributed by atoms with Crippen molar-refractivity contribution in [2.75, 3.05) is 24.4 Å². The van der Waals surface area contributed by atoms with Crippen molar-refractivity contribution in [3.63, 3.8) is 0 Å². The van der Waals surface area contributed by atoms with Crippen LogP contribution in [0.25, 0.3) is 0 Å². The zero-order valence-corrected chi connectivity index (χ0v) is 13.6. The van der Waals surface area contributed by atoms with Crippen molar-refractivity contribution < 1.29 is 14.3 Å². The number of ether oxygens (including phenoxy) is 2. The number of rotatable bonds is 3. The summed E-state index contributed by atoms with van der Waals surface area (Å²) in [6.45, 7) is 0.0764. The van der Waals surface area contributed by atoms with Gasteiger partial charge in [-0.15, -0.1) is 0 Å². The first-order valence-corrected chi connectivity index (χ1v) is 8.20. The van der Waals surface area contributed by atoms with E-state index in [0.717, 1.165) is 42.1 Å². The van der Waals surface area contributed by atoms with Crippen molar-refractivity contribution in [1.29, 1.82) is 0 Å². The van der Waals surface area contributed by atoms with Crippen LogP contribution in [0.15, 0.2) is 36.4 Å². The lowest BCUT2D eigenvalue weighted by Crippen LogP contribution is -2.28. The molecule has 24 heavy (non-hydrogen) atoms. The molecule has 5 nitrogen and oxygen atoms in total. The van der Waals surface area contributed by atoms with E-state index < -0.39 is 0 Å². The van der Waals surface area contributed by atoms with Gasteiger partial charge in [0.1, 0.15) is 11.5 Å². The molecule has 1 atom stereocenters. The van der Waals surface area contributed by atoms with E-state index in [-0.39, 0.29) is 12.5 Å². The van der Waals surface area contributed by atoms with Crippen molar-refractivity contribution in [2.45, 2.75) is 25.3 Å². The van der Waals surface area contributed by atoms with Gasteiger partial charge in [0.15, 0.2) is 6.61 Å². The van der Waals surface area contributed by atoms with Crippen LogP contribution in [0.2, 0.25) is 0 Å². The van der Waals surface area contributed by atoms with Gasteiger partial charge in [0.25, 0.3) is 5.91 Å². The summed E-state index contributed by atoms with van der Waals surface area (Å²) >= 11 is 0. The molecule has 2 N–H and O–H groups in total. The summed E-state index contributed by atoms with van der Waals surface area (Å²) in [6, 6.07) is 12.5. The first-order chi connectivity index (χ1) is 11.7. The van der Waals surface area contributed by atoms with Gasteiger partial charge in [-0.1, -0.05) is 6.07 Å². The van der Waals surface area contributed by atoms with Crippen LogP contribution in [0.1, 0.15) is 17.5 Å². The molecule has 124 valence electrons. The SMILES string of the molecule is COc1ccc2c(c1)CC(Nc1ccc3c(c1)OCC(=O)N3)CC2. The highest BCUT2D eigenvalue weighted by Crippen LogP contribution is 2.32. The van der Waals surface area contributed by atoms with Gasteiger partial charge in [0, 0.05) is 17.8 Å². The van der Waals surface area contributed by atoms with Crippen molar-refractivity contribution in [1.82, 2.24) is 0 Å². The molecule has 1 unspecified atom stereocenters. The number of hydrogen-bond donors (Lipinski definition) is 2. The minimum Gasteiger partial charge on any atom is -0.497 e. The number of aryl methyl sites for hydroxylation is 1. The molecule has 0 spiro atoms. The van der Waals surface area contributed by atoms with Gasteiger partial charge >= 0.3 is 0 Å². The van der Waals surface area contributed by atoms with Gasteiger partial charge in [-0.2, -0.15) is 0 Å². The second-order valence-corrected chi connectivity index (χ2v) is 6.27. The van der Waals surface area contributed by atoms with Gasteiger partial charge in [-0.25, -0.2) is 0 Å². The zero-order valence-electron chi connectivity index (χ0n) is 13.6. The smallest absolute Gasteiger partial charge is 0.262 e. The molecular formula is C19H20N2O3. The Labute approximate surface area is 141 Å². The average Bonchev–Trinajstić information content (AvgIpc) is 2.61. The molecule has 1 amide bonds. The molecule has 2 aromatic rings. The number of nitrogens with one attached hydrogen (secondary N) is 2. The quantitative estimate of drug-likeness (QED) is 0.911. The fourth-order valence-corrected chi connectivity index (χ4v) is 3.38. The highest BCUT2D eigenvalue weighted by molar-refractivity contribution is 5.95. The number of carbonyl (C=O) groups excluding carboxylic acids is 1. The molecular weight excluding hydrogens is 304 g/mol. The Balaban J connectivity index is 1.49. The molecule has 0 bridgehead atoms. The lowest BCUT2D eigenvalue weighted by molar-refractivity contribution is -0.118.